The van der Waals surface area contributed by atoms with Crippen molar-refractivity contribution in [3.63, 3.8) is 0 Å². The Bertz CT molecular complexity index is 780. The Hall–Kier alpha value is -2.49. The first-order valence-corrected chi connectivity index (χ1v) is 9.17. The number of ether oxygens (including phenoxy) is 1. The molecule has 0 bridgehead atoms. The lowest BCUT2D eigenvalue weighted by Gasteiger charge is -2.11. The Kier molecular flexibility index (Phi) is 4.59. The quantitative estimate of drug-likeness (QED) is 0.622. The molecule has 4 heteroatoms. The van der Waals surface area contributed by atoms with Gasteiger partial charge in [-0.15, -0.1) is 0 Å². The van der Waals surface area contributed by atoms with Gasteiger partial charge in [0, 0.05) is 11.3 Å². The smallest absolute Gasteiger partial charge is 0.193 e. The molecule has 3 N–H and O–H groups in total. The largest absolute Gasteiger partial charge is 0.493 e. The van der Waals surface area contributed by atoms with E-state index in [4.69, 9.17) is 10.5 Å². The third-order valence-electron chi connectivity index (χ3n) is 4.93. The number of aliphatic imine (C=N–C) groups is 1. The van der Waals surface area contributed by atoms with Crippen molar-refractivity contribution in [2.75, 3.05) is 11.9 Å². The van der Waals surface area contributed by atoms with Gasteiger partial charge in [-0.05, 0) is 67.3 Å². The molecule has 0 radical (unpaired) electrons. The van der Waals surface area contributed by atoms with E-state index in [1.54, 1.807) is 0 Å². The molecule has 25 heavy (non-hydrogen) atoms. The predicted molar refractivity (Wildman–Crippen MR) is 102 cm³/mol. The molecule has 130 valence electrons. The monoisotopic (exact) mass is 335 g/mol. The zero-order chi connectivity index (χ0) is 17.1. The highest BCUT2D eigenvalue weighted by Crippen LogP contribution is 2.30. The fraction of sp³-hybridized carbons (Fsp3) is 0.381. The van der Waals surface area contributed by atoms with Gasteiger partial charge in [-0.25, -0.2) is 4.99 Å². The van der Waals surface area contributed by atoms with Gasteiger partial charge in [0.25, 0.3) is 0 Å². The van der Waals surface area contributed by atoms with Crippen molar-refractivity contribution in [1.82, 2.24) is 0 Å². The summed E-state index contributed by atoms with van der Waals surface area (Å²) in [6.07, 6.45) is 6.18. The van der Waals surface area contributed by atoms with Crippen LogP contribution in [0.2, 0.25) is 0 Å². The number of anilines is 1. The highest BCUT2D eigenvalue weighted by Gasteiger charge is 2.22. The number of guanidine groups is 1. The lowest BCUT2D eigenvalue weighted by atomic mass is 10.1. The standard InChI is InChI=1S/C21H25N3O/c22-21(24-19-11-10-16-5-3-6-17(16)12-19)23-13-18-4-1-2-7-20(18)25-14-15-8-9-15/h1-2,4,7,10-12,15H,3,5-6,8-9,13-14H2,(H3,22,23,24). The average Bonchev–Trinajstić information content (AvgIpc) is 3.34. The second-order valence-electron chi connectivity index (χ2n) is 7.03. The van der Waals surface area contributed by atoms with Crippen molar-refractivity contribution in [3.05, 3.63) is 59.2 Å². The van der Waals surface area contributed by atoms with Gasteiger partial charge in [-0.2, -0.15) is 0 Å². The zero-order valence-electron chi connectivity index (χ0n) is 14.5. The van der Waals surface area contributed by atoms with Crippen molar-refractivity contribution in [2.45, 2.75) is 38.6 Å². The fourth-order valence-electron chi connectivity index (χ4n) is 3.27. The van der Waals surface area contributed by atoms with E-state index in [-0.39, 0.29) is 0 Å². The van der Waals surface area contributed by atoms with Crippen LogP contribution in [0.3, 0.4) is 0 Å². The number of para-hydroxylation sites is 1. The van der Waals surface area contributed by atoms with Gasteiger partial charge in [-0.3, -0.25) is 0 Å². The van der Waals surface area contributed by atoms with Crippen LogP contribution >= 0.6 is 0 Å². The molecule has 1 saturated carbocycles. The van der Waals surface area contributed by atoms with Gasteiger partial charge >= 0.3 is 0 Å². The van der Waals surface area contributed by atoms with Crippen molar-refractivity contribution >= 4 is 11.6 Å². The SMILES string of the molecule is NC(=NCc1ccccc1OCC1CC1)Nc1ccc2c(c1)CCC2. The van der Waals surface area contributed by atoms with E-state index in [1.165, 1.54) is 36.8 Å². The minimum absolute atomic E-state index is 0.440. The Morgan fingerprint density at radius 3 is 2.84 bits per heavy atom. The van der Waals surface area contributed by atoms with Crippen LogP contribution in [-0.2, 0) is 19.4 Å². The number of hydrogen-bond donors (Lipinski definition) is 2. The highest BCUT2D eigenvalue weighted by molar-refractivity contribution is 5.92. The van der Waals surface area contributed by atoms with Crippen LogP contribution in [0, 0.1) is 5.92 Å². The molecule has 2 aliphatic rings. The molecule has 2 aromatic rings. The lowest BCUT2D eigenvalue weighted by molar-refractivity contribution is 0.297. The molecule has 1 fully saturated rings. The van der Waals surface area contributed by atoms with Gasteiger partial charge in [0.15, 0.2) is 5.96 Å². The number of nitrogens with zero attached hydrogens (tertiary/aromatic N) is 1. The van der Waals surface area contributed by atoms with Crippen LogP contribution in [0.1, 0.15) is 36.0 Å². The van der Waals surface area contributed by atoms with Crippen molar-refractivity contribution in [1.29, 1.82) is 0 Å². The third-order valence-corrected chi connectivity index (χ3v) is 4.93. The van der Waals surface area contributed by atoms with Crippen LogP contribution in [-0.4, -0.2) is 12.6 Å². The lowest BCUT2D eigenvalue weighted by Crippen LogP contribution is -2.22. The summed E-state index contributed by atoms with van der Waals surface area (Å²) < 4.78 is 5.93. The molecule has 2 aliphatic carbocycles. The molecule has 0 saturated heterocycles. The second-order valence-corrected chi connectivity index (χ2v) is 7.03. The number of benzene rings is 2. The second kappa shape index (κ2) is 7.18. The Morgan fingerprint density at radius 2 is 1.96 bits per heavy atom. The van der Waals surface area contributed by atoms with Gasteiger partial charge in [-0.1, -0.05) is 24.3 Å². The van der Waals surface area contributed by atoms with Crippen LogP contribution in [0.25, 0.3) is 0 Å². The Morgan fingerprint density at radius 1 is 1.12 bits per heavy atom. The van der Waals surface area contributed by atoms with E-state index >= 15 is 0 Å². The number of hydrogen-bond acceptors (Lipinski definition) is 2. The molecule has 4 nitrogen and oxygen atoms in total. The first-order chi connectivity index (χ1) is 12.3. The van der Waals surface area contributed by atoms with E-state index in [0.29, 0.717) is 12.5 Å². The number of fused-ring (bicyclic) bond motifs is 1. The summed E-state index contributed by atoms with van der Waals surface area (Å²) in [4.78, 5) is 4.49. The van der Waals surface area contributed by atoms with E-state index in [2.05, 4.69) is 34.6 Å². The molecule has 0 amide bonds. The first kappa shape index (κ1) is 16.0. The third kappa shape index (κ3) is 4.13. The number of rotatable bonds is 6. The van der Waals surface area contributed by atoms with Crippen LogP contribution in [0.4, 0.5) is 5.69 Å². The predicted octanol–water partition coefficient (Wildman–Crippen LogP) is 3.89. The number of aryl methyl sites for hydroxylation is 2. The summed E-state index contributed by atoms with van der Waals surface area (Å²) >= 11 is 0. The maximum absolute atomic E-state index is 6.08. The minimum Gasteiger partial charge on any atom is -0.493 e. The van der Waals surface area contributed by atoms with Crippen LogP contribution < -0.4 is 15.8 Å². The van der Waals surface area contributed by atoms with Gasteiger partial charge in [0.2, 0.25) is 0 Å². The van der Waals surface area contributed by atoms with Gasteiger partial charge in [0.05, 0.1) is 13.2 Å². The summed E-state index contributed by atoms with van der Waals surface area (Å²) in [6.45, 7) is 1.33. The van der Waals surface area contributed by atoms with E-state index in [9.17, 15) is 0 Å². The number of nitrogens with two attached hydrogens (primary N) is 1. The van der Waals surface area contributed by atoms with Crippen LogP contribution in [0.15, 0.2) is 47.5 Å². The minimum atomic E-state index is 0.440. The molecule has 0 spiro atoms. The van der Waals surface area contributed by atoms with Crippen molar-refractivity contribution < 1.29 is 4.74 Å². The summed E-state index contributed by atoms with van der Waals surface area (Å²) in [6, 6.07) is 14.5. The van der Waals surface area contributed by atoms with Crippen molar-refractivity contribution in [3.8, 4) is 5.75 Å². The Labute approximate surface area is 149 Å². The Balaban J connectivity index is 1.39. The van der Waals surface area contributed by atoms with E-state index in [0.717, 1.165) is 35.9 Å². The molecule has 0 aromatic heterocycles. The summed E-state index contributed by atoms with van der Waals surface area (Å²) in [5.74, 6) is 2.10. The van der Waals surface area contributed by atoms with Gasteiger partial charge in [0.1, 0.15) is 5.75 Å². The van der Waals surface area contributed by atoms with Gasteiger partial charge < -0.3 is 15.8 Å². The van der Waals surface area contributed by atoms with Crippen LogP contribution in [0.5, 0.6) is 5.75 Å². The molecule has 0 unspecified atom stereocenters. The first-order valence-electron chi connectivity index (χ1n) is 9.17. The maximum atomic E-state index is 6.08. The van der Waals surface area contributed by atoms with E-state index < -0.39 is 0 Å². The number of nitrogens with one attached hydrogen (secondary N) is 1. The maximum Gasteiger partial charge on any atom is 0.193 e. The molecule has 0 aliphatic heterocycles. The zero-order valence-corrected chi connectivity index (χ0v) is 14.5. The highest BCUT2D eigenvalue weighted by atomic mass is 16.5. The molecule has 0 heterocycles. The summed E-state index contributed by atoms with van der Waals surface area (Å²) in [5.41, 5.74) is 11.1. The summed E-state index contributed by atoms with van der Waals surface area (Å²) in [7, 11) is 0. The van der Waals surface area contributed by atoms with Crippen molar-refractivity contribution in [2.24, 2.45) is 16.6 Å². The average molecular weight is 335 g/mol. The topological polar surface area (TPSA) is 59.6 Å². The molecular weight excluding hydrogens is 310 g/mol. The molecule has 4 rings (SSSR count). The normalized spacial score (nSPS) is 16.6. The summed E-state index contributed by atoms with van der Waals surface area (Å²) in [5, 5.41) is 3.21. The molecule has 2 aromatic carbocycles. The molecular formula is C21H25N3O. The molecule has 0 atom stereocenters. The fourth-order valence-corrected chi connectivity index (χ4v) is 3.27. The van der Waals surface area contributed by atoms with E-state index in [1.807, 2.05) is 18.2 Å².